The molecule has 0 rings (SSSR count). The minimum atomic E-state index is 0. The molecule has 0 N–H and O–H groups in total. The second-order valence-electron chi connectivity index (χ2n) is 0. The van der Waals surface area contributed by atoms with Gasteiger partial charge in [-0.3, -0.25) is 0 Å². The molecule has 5 heteroatoms. The van der Waals surface area contributed by atoms with E-state index < -0.39 is 0 Å². The zero-order chi connectivity index (χ0) is 0. The van der Waals surface area contributed by atoms with E-state index >= 15 is 0 Å². The third-order valence-corrected chi connectivity index (χ3v) is 0. The Bertz CT molecular complexity index is 17.7. The molecule has 0 unspecified atom stereocenters. The summed E-state index contributed by atoms with van der Waals surface area (Å²) in [6.07, 6.45) is 0. The minimum absolute atomic E-state index is 0. The summed E-state index contributed by atoms with van der Waals surface area (Å²) in [5.74, 6) is 0. The Balaban J connectivity index is 0. The van der Waals surface area contributed by atoms with Crippen molar-refractivity contribution in [2.75, 3.05) is 0 Å². The maximum absolute atomic E-state index is 0. The monoisotopic (exact) mass is 269 g/mol. The summed E-state index contributed by atoms with van der Waals surface area (Å²) in [7, 11) is 0. The molecule has 0 saturated carbocycles. The van der Waals surface area contributed by atoms with Crippen molar-refractivity contribution >= 4 is 10.1 Å². The first kappa shape index (κ1) is 51.5. The van der Waals surface area contributed by atoms with Crippen LogP contribution >= 0.6 is 0 Å². The molecule has 0 spiro atoms. The fourth-order valence-corrected chi connectivity index (χ4v) is 0. The number of rotatable bonds is 0. The fraction of sp³-hybridized carbons (Fsp3) is 0. The van der Waals surface area contributed by atoms with Crippen molar-refractivity contribution in [3.05, 3.63) is 0 Å². The molecule has 2 radical (unpaired) electrons. The molecule has 5 heavy (non-hydrogen) atoms. The summed E-state index contributed by atoms with van der Waals surface area (Å²) < 4.78 is 0. The van der Waals surface area contributed by atoms with Crippen LogP contribution < -0.4 is 0 Å². The smallest absolute Gasteiger partial charge is 1.00 e. The number of hydrogen-bond acceptors (Lipinski definition) is 0. The Kier molecular flexibility index (Phi) is 329. The van der Waals surface area contributed by atoms with Gasteiger partial charge in [0, 0.05) is 73.3 Å². The van der Waals surface area contributed by atoms with Crippen LogP contribution in [0.15, 0.2) is 0 Å². The molecule has 0 aliphatic carbocycles. The quantitative estimate of drug-likeness (QED) is 0.536. The maximum atomic E-state index is 0. The molecular formula is H2BeCrMnNbNi. The second-order valence-corrected chi connectivity index (χ2v) is 0. The van der Waals surface area contributed by atoms with Gasteiger partial charge in [0.1, 0.15) is 0 Å². The molecule has 0 heterocycles. The topological polar surface area (TPSA) is 0 Å². The van der Waals surface area contributed by atoms with Gasteiger partial charge in [-0.1, -0.05) is 0 Å². The summed E-state index contributed by atoms with van der Waals surface area (Å²) in [4.78, 5) is 0. The summed E-state index contributed by atoms with van der Waals surface area (Å²) >= 11 is 0. The Morgan fingerprint density at radius 2 is 1.20 bits per heavy atom. The summed E-state index contributed by atoms with van der Waals surface area (Å²) in [5.41, 5.74) is 0. The Morgan fingerprint density at radius 3 is 1.20 bits per heavy atom. The largest absolute Gasteiger partial charge is 2.00 e. The zero-order valence-corrected chi connectivity index (χ0v) is 7.90. The molecule has 0 saturated heterocycles. The SMILES string of the molecule is [Be+2].[Cr].[H-].[H-].[Mn].[Nb].[Ni]. The first-order valence-electron chi connectivity index (χ1n) is 0. The van der Waals surface area contributed by atoms with E-state index in [0.29, 0.717) is 0 Å². The third-order valence-electron chi connectivity index (χ3n) is 0. The zero-order valence-electron chi connectivity index (χ0n) is 4.26. The van der Waals surface area contributed by atoms with Crippen LogP contribution in [0.4, 0.5) is 0 Å². The van der Waals surface area contributed by atoms with Crippen LogP contribution in [0.3, 0.4) is 0 Å². The van der Waals surface area contributed by atoms with Gasteiger partial charge in [-0.2, -0.15) is 0 Å². The minimum Gasteiger partial charge on any atom is -1.00 e. The molecule has 0 bridgehead atoms. The molecule has 0 amide bonds. The van der Waals surface area contributed by atoms with E-state index in [1.807, 2.05) is 0 Å². The van der Waals surface area contributed by atoms with Crippen LogP contribution in [-0.2, 0) is 73.3 Å². The van der Waals surface area contributed by atoms with E-state index in [2.05, 4.69) is 0 Å². The Morgan fingerprint density at radius 1 is 1.20 bits per heavy atom. The van der Waals surface area contributed by atoms with Gasteiger partial charge in [0.15, 0.2) is 0 Å². The Labute approximate surface area is 85.5 Å². The molecule has 0 atom stereocenters. The van der Waals surface area contributed by atoms with Crippen molar-refractivity contribution in [3.8, 4) is 0 Å². The van der Waals surface area contributed by atoms with Crippen LogP contribution in [-0.4, -0.2) is 10.1 Å². The summed E-state index contributed by atoms with van der Waals surface area (Å²) in [5, 5.41) is 0. The van der Waals surface area contributed by atoms with Crippen molar-refractivity contribution in [1.29, 1.82) is 0 Å². The molecule has 0 aromatic heterocycles. The van der Waals surface area contributed by atoms with Crippen molar-refractivity contribution in [1.82, 2.24) is 0 Å². The van der Waals surface area contributed by atoms with Gasteiger partial charge in [0.05, 0.1) is 0 Å². The van der Waals surface area contributed by atoms with Crippen LogP contribution in [0, 0.1) is 0 Å². The average molecular weight is 270 g/mol. The van der Waals surface area contributed by atoms with Gasteiger partial charge >= 0.3 is 10.1 Å². The van der Waals surface area contributed by atoms with E-state index in [1.54, 1.807) is 0 Å². The van der Waals surface area contributed by atoms with Gasteiger partial charge < -0.3 is 2.85 Å². The third kappa shape index (κ3) is 21.3. The predicted molar refractivity (Wildman–Crippen MR) is 7.98 cm³/mol. The fourth-order valence-electron chi connectivity index (χ4n) is 0. The molecule has 0 aliphatic rings. The first-order chi connectivity index (χ1) is 0. The van der Waals surface area contributed by atoms with Crippen molar-refractivity contribution in [2.45, 2.75) is 0 Å². The van der Waals surface area contributed by atoms with Gasteiger partial charge in [0.25, 0.3) is 0 Å². The normalized spacial score (nSPS) is 0. The van der Waals surface area contributed by atoms with Crippen molar-refractivity contribution in [3.63, 3.8) is 0 Å². The predicted octanol–water partition coefficient (Wildman–Crippen LogP) is -0.166. The standard InChI is InChI=1S/Be.Cr.Mn.Nb.Ni.2H/q+2;;;;;2*-1. The van der Waals surface area contributed by atoms with Gasteiger partial charge in [-0.05, 0) is 0 Å². The maximum Gasteiger partial charge on any atom is 2.00 e. The van der Waals surface area contributed by atoms with Gasteiger partial charge in [-0.25, -0.2) is 0 Å². The van der Waals surface area contributed by atoms with Gasteiger partial charge in [-0.15, -0.1) is 0 Å². The molecular weight excluding hydrogens is 268 g/mol. The molecule has 0 aromatic carbocycles. The molecule has 0 aromatic rings. The van der Waals surface area contributed by atoms with E-state index in [-0.39, 0.29) is 86.3 Å². The summed E-state index contributed by atoms with van der Waals surface area (Å²) in [6, 6.07) is 0. The van der Waals surface area contributed by atoms with Gasteiger partial charge in [0.2, 0.25) is 0 Å². The molecule has 32 valence electrons. The second kappa shape index (κ2) is 31.9. The van der Waals surface area contributed by atoms with Crippen molar-refractivity contribution < 1.29 is 76.2 Å². The average Bonchev–Trinajstić information content (AvgIpc) is 0. The molecule has 0 nitrogen and oxygen atoms in total. The first-order valence-corrected chi connectivity index (χ1v) is 0. The van der Waals surface area contributed by atoms with Crippen LogP contribution in [0.1, 0.15) is 2.85 Å². The van der Waals surface area contributed by atoms with E-state index in [1.165, 1.54) is 0 Å². The molecule has 0 aliphatic heterocycles. The van der Waals surface area contributed by atoms with E-state index in [0.717, 1.165) is 0 Å². The van der Waals surface area contributed by atoms with Crippen LogP contribution in [0.2, 0.25) is 0 Å². The van der Waals surface area contributed by atoms with Crippen LogP contribution in [0.5, 0.6) is 0 Å². The number of hydrogen-bond donors (Lipinski definition) is 0. The van der Waals surface area contributed by atoms with E-state index in [4.69, 9.17) is 0 Å². The van der Waals surface area contributed by atoms with E-state index in [9.17, 15) is 0 Å². The van der Waals surface area contributed by atoms with Crippen molar-refractivity contribution in [2.24, 2.45) is 0 Å². The summed E-state index contributed by atoms with van der Waals surface area (Å²) in [6.45, 7) is 0. The molecule has 0 fully saturated rings. The Hall–Kier alpha value is 2.45. The van der Waals surface area contributed by atoms with Crippen LogP contribution in [0.25, 0.3) is 0 Å².